The summed E-state index contributed by atoms with van der Waals surface area (Å²) in [6.45, 7) is 8.76. The number of unbranched alkanes of at least 4 members (excludes halogenated alkanes) is 1. The lowest BCUT2D eigenvalue weighted by molar-refractivity contribution is 0.0520. The van der Waals surface area contributed by atoms with Gasteiger partial charge in [0.2, 0.25) is 0 Å². The van der Waals surface area contributed by atoms with Crippen LogP contribution in [-0.4, -0.2) is 42.0 Å². The molecule has 0 atom stereocenters. The van der Waals surface area contributed by atoms with Crippen LogP contribution >= 0.6 is 0 Å². The number of carbonyl (C=O) groups excluding carboxylic acids is 2. The van der Waals surface area contributed by atoms with E-state index in [1.54, 1.807) is 21.0 Å². The van der Waals surface area contributed by atoms with Gasteiger partial charge in [-0.05, 0) is 27.2 Å². The van der Waals surface area contributed by atoms with E-state index in [0.717, 1.165) is 30.8 Å². The molecule has 118 valence electrons. The molecule has 0 fully saturated rings. The van der Waals surface area contributed by atoms with Crippen LogP contribution in [0.5, 0.6) is 0 Å². The summed E-state index contributed by atoms with van der Waals surface area (Å²) in [6.07, 6.45) is 2.07. The summed E-state index contributed by atoms with van der Waals surface area (Å²) < 4.78 is 7.18. The zero-order valence-electron chi connectivity index (χ0n) is 13.9. The van der Waals surface area contributed by atoms with E-state index in [9.17, 15) is 9.59 Å². The van der Waals surface area contributed by atoms with Crippen LogP contribution in [0.1, 0.15) is 58.8 Å². The maximum atomic E-state index is 12.4. The Bertz CT molecular complexity index is 530. The standard InChI is InChI=1S/C16H26N2O3/c1-7-9-10-18-11(3)13(15(19)17(5)6)14(12(18)4)16(20)21-8-2/h7-10H2,1-6H3. The first-order valence-electron chi connectivity index (χ1n) is 7.45. The minimum atomic E-state index is -0.418. The van der Waals surface area contributed by atoms with Crippen molar-refractivity contribution >= 4 is 11.9 Å². The quantitative estimate of drug-likeness (QED) is 0.758. The van der Waals surface area contributed by atoms with Crippen LogP contribution in [0.3, 0.4) is 0 Å². The fraction of sp³-hybridized carbons (Fsp3) is 0.625. The third-order valence-electron chi connectivity index (χ3n) is 3.62. The number of aromatic nitrogens is 1. The van der Waals surface area contributed by atoms with E-state index in [-0.39, 0.29) is 5.91 Å². The average Bonchev–Trinajstić information content (AvgIpc) is 2.67. The van der Waals surface area contributed by atoms with E-state index in [4.69, 9.17) is 4.74 Å². The average molecular weight is 294 g/mol. The van der Waals surface area contributed by atoms with Gasteiger partial charge in [-0.3, -0.25) is 4.79 Å². The van der Waals surface area contributed by atoms with Gasteiger partial charge in [-0.2, -0.15) is 0 Å². The molecule has 1 aromatic heterocycles. The first-order valence-corrected chi connectivity index (χ1v) is 7.45. The molecule has 1 aromatic rings. The van der Waals surface area contributed by atoms with Crippen LogP contribution < -0.4 is 0 Å². The summed E-state index contributed by atoms with van der Waals surface area (Å²) in [4.78, 5) is 26.2. The van der Waals surface area contributed by atoms with Gasteiger partial charge in [-0.25, -0.2) is 4.79 Å². The van der Waals surface area contributed by atoms with Crippen molar-refractivity contribution in [1.82, 2.24) is 9.47 Å². The lowest BCUT2D eigenvalue weighted by Crippen LogP contribution is -2.24. The summed E-state index contributed by atoms with van der Waals surface area (Å²) in [5.74, 6) is -0.576. The van der Waals surface area contributed by atoms with Gasteiger partial charge in [0.05, 0.1) is 17.7 Å². The molecule has 5 nitrogen and oxygen atoms in total. The van der Waals surface area contributed by atoms with Gasteiger partial charge in [0.1, 0.15) is 0 Å². The van der Waals surface area contributed by atoms with Crippen LogP contribution in [-0.2, 0) is 11.3 Å². The highest BCUT2D eigenvalue weighted by Gasteiger charge is 2.28. The largest absolute Gasteiger partial charge is 0.462 e. The van der Waals surface area contributed by atoms with Gasteiger partial charge >= 0.3 is 5.97 Å². The summed E-state index contributed by atoms with van der Waals surface area (Å²) in [7, 11) is 3.38. The molecule has 0 radical (unpaired) electrons. The molecular formula is C16H26N2O3. The van der Waals surface area contributed by atoms with Crippen LogP contribution in [0.15, 0.2) is 0 Å². The van der Waals surface area contributed by atoms with Gasteiger partial charge in [0.25, 0.3) is 5.91 Å². The Labute approximate surface area is 126 Å². The van der Waals surface area contributed by atoms with E-state index in [1.807, 2.05) is 18.4 Å². The molecule has 1 amide bonds. The van der Waals surface area contributed by atoms with Gasteiger partial charge in [-0.15, -0.1) is 0 Å². The van der Waals surface area contributed by atoms with E-state index in [2.05, 4.69) is 6.92 Å². The minimum Gasteiger partial charge on any atom is -0.462 e. The predicted octanol–water partition coefficient (Wildman–Crippen LogP) is 2.78. The second-order valence-electron chi connectivity index (χ2n) is 5.35. The Hall–Kier alpha value is -1.78. The molecule has 1 heterocycles. The van der Waals surface area contributed by atoms with Crippen molar-refractivity contribution in [3.8, 4) is 0 Å². The summed E-state index contributed by atoms with van der Waals surface area (Å²) in [6, 6.07) is 0. The maximum Gasteiger partial charge on any atom is 0.340 e. The topological polar surface area (TPSA) is 51.5 Å². The molecule has 0 aliphatic carbocycles. The first kappa shape index (κ1) is 17.3. The van der Waals surface area contributed by atoms with Crippen LogP contribution in [0.25, 0.3) is 0 Å². The fourth-order valence-electron chi connectivity index (χ4n) is 2.47. The third kappa shape index (κ3) is 3.46. The second-order valence-corrected chi connectivity index (χ2v) is 5.35. The van der Waals surface area contributed by atoms with E-state index >= 15 is 0 Å². The van der Waals surface area contributed by atoms with Crippen molar-refractivity contribution in [2.75, 3.05) is 20.7 Å². The minimum absolute atomic E-state index is 0.158. The first-order chi connectivity index (χ1) is 9.86. The Balaban J connectivity index is 3.43. The summed E-state index contributed by atoms with van der Waals surface area (Å²) in [5, 5.41) is 0. The van der Waals surface area contributed by atoms with E-state index in [0.29, 0.717) is 17.7 Å². The van der Waals surface area contributed by atoms with Crippen LogP contribution in [0.2, 0.25) is 0 Å². The van der Waals surface area contributed by atoms with Crippen LogP contribution in [0.4, 0.5) is 0 Å². The van der Waals surface area contributed by atoms with E-state index < -0.39 is 5.97 Å². The SMILES string of the molecule is CCCCn1c(C)c(C(=O)OCC)c(C(=O)N(C)C)c1C. The van der Waals surface area contributed by atoms with Gasteiger partial charge in [0.15, 0.2) is 0 Å². The monoisotopic (exact) mass is 294 g/mol. The molecule has 0 aliphatic rings. The molecular weight excluding hydrogens is 268 g/mol. The van der Waals surface area contributed by atoms with Gasteiger partial charge in [0, 0.05) is 32.0 Å². The molecule has 0 N–H and O–H groups in total. The summed E-state index contributed by atoms with van der Waals surface area (Å²) in [5.41, 5.74) is 2.52. The Kier molecular flexibility index (Phi) is 6.00. The van der Waals surface area contributed by atoms with E-state index in [1.165, 1.54) is 4.90 Å². The summed E-state index contributed by atoms with van der Waals surface area (Å²) >= 11 is 0. The molecule has 5 heteroatoms. The van der Waals surface area contributed by atoms with Crippen molar-refractivity contribution in [2.24, 2.45) is 0 Å². The van der Waals surface area contributed by atoms with Crippen LogP contribution in [0, 0.1) is 13.8 Å². The molecule has 21 heavy (non-hydrogen) atoms. The van der Waals surface area contributed by atoms with Crippen molar-refractivity contribution in [3.05, 3.63) is 22.5 Å². The smallest absolute Gasteiger partial charge is 0.340 e. The Morgan fingerprint density at radius 3 is 2.14 bits per heavy atom. The molecule has 0 aliphatic heterocycles. The highest BCUT2D eigenvalue weighted by Crippen LogP contribution is 2.25. The zero-order valence-corrected chi connectivity index (χ0v) is 13.9. The van der Waals surface area contributed by atoms with Crippen molar-refractivity contribution in [2.45, 2.75) is 47.1 Å². The molecule has 0 saturated heterocycles. The number of ether oxygens (including phenoxy) is 1. The number of amides is 1. The van der Waals surface area contributed by atoms with Crippen molar-refractivity contribution < 1.29 is 14.3 Å². The molecule has 0 bridgehead atoms. The Morgan fingerprint density at radius 2 is 1.67 bits per heavy atom. The van der Waals surface area contributed by atoms with Gasteiger partial charge < -0.3 is 14.2 Å². The third-order valence-corrected chi connectivity index (χ3v) is 3.62. The maximum absolute atomic E-state index is 12.4. The highest BCUT2D eigenvalue weighted by molar-refractivity contribution is 6.07. The number of esters is 1. The predicted molar refractivity (Wildman–Crippen MR) is 82.8 cm³/mol. The molecule has 1 rings (SSSR count). The van der Waals surface area contributed by atoms with Crippen molar-refractivity contribution in [3.63, 3.8) is 0 Å². The molecule has 0 unspecified atom stereocenters. The molecule has 0 saturated carbocycles. The lowest BCUT2D eigenvalue weighted by Gasteiger charge is -2.12. The number of nitrogens with zero attached hydrogens (tertiary/aromatic N) is 2. The Morgan fingerprint density at radius 1 is 1.10 bits per heavy atom. The number of hydrogen-bond donors (Lipinski definition) is 0. The number of hydrogen-bond acceptors (Lipinski definition) is 3. The highest BCUT2D eigenvalue weighted by atomic mass is 16.5. The van der Waals surface area contributed by atoms with Crippen molar-refractivity contribution in [1.29, 1.82) is 0 Å². The second kappa shape index (κ2) is 7.29. The lowest BCUT2D eigenvalue weighted by atomic mass is 10.1. The molecule has 0 spiro atoms. The number of carbonyl (C=O) groups is 2. The number of rotatable bonds is 6. The fourth-order valence-corrected chi connectivity index (χ4v) is 2.47. The normalized spacial score (nSPS) is 10.6. The zero-order chi connectivity index (χ0) is 16.2. The molecule has 0 aromatic carbocycles. The van der Waals surface area contributed by atoms with Gasteiger partial charge in [-0.1, -0.05) is 13.3 Å².